The number of fused-ring (bicyclic) bond motifs is 3. The molecular weight excluding hydrogens is 424 g/mol. The molecule has 0 bridgehead atoms. The zero-order valence-electron chi connectivity index (χ0n) is 18.1. The van der Waals surface area contributed by atoms with Gasteiger partial charge >= 0.3 is 12.1 Å². The van der Waals surface area contributed by atoms with Crippen LogP contribution in [0.3, 0.4) is 0 Å². The van der Waals surface area contributed by atoms with Crippen molar-refractivity contribution >= 4 is 18.0 Å². The first-order valence-electron chi connectivity index (χ1n) is 11.2. The van der Waals surface area contributed by atoms with Gasteiger partial charge in [0, 0.05) is 18.9 Å². The van der Waals surface area contributed by atoms with Gasteiger partial charge in [0.05, 0.1) is 6.61 Å². The minimum Gasteiger partial charge on any atom is -0.479 e. The minimum absolute atomic E-state index is 0.0831. The van der Waals surface area contributed by atoms with E-state index in [1.54, 1.807) is 0 Å². The van der Waals surface area contributed by atoms with Gasteiger partial charge in [0.15, 0.2) is 5.54 Å². The molecule has 1 atom stereocenters. The molecule has 172 valence electrons. The average Bonchev–Trinajstić information content (AvgIpc) is 3.38. The lowest BCUT2D eigenvalue weighted by Crippen LogP contribution is -2.68. The lowest BCUT2D eigenvalue weighted by Gasteiger charge is -2.42. The second-order valence-corrected chi connectivity index (χ2v) is 9.03. The lowest BCUT2D eigenvalue weighted by molar-refractivity contribution is -0.149. The number of aliphatic carboxylic acids is 1. The maximum Gasteiger partial charge on any atom is 0.408 e. The topological polar surface area (TPSA) is 114 Å². The molecule has 2 aliphatic carbocycles. The first-order valence-corrected chi connectivity index (χ1v) is 11.2. The van der Waals surface area contributed by atoms with Crippen LogP contribution < -0.4 is 10.6 Å². The Morgan fingerprint density at radius 2 is 1.58 bits per heavy atom. The van der Waals surface area contributed by atoms with Gasteiger partial charge in [-0.3, -0.25) is 4.79 Å². The number of rotatable bonds is 6. The van der Waals surface area contributed by atoms with Crippen LogP contribution in [0, 0.1) is 0 Å². The molecule has 0 radical (unpaired) electrons. The van der Waals surface area contributed by atoms with Crippen LogP contribution in [0.4, 0.5) is 4.79 Å². The Hall–Kier alpha value is -3.39. The van der Waals surface area contributed by atoms with E-state index in [2.05, 4.69) is 22.8 Å². The van der Waals surface area contributed by atoms with E-state index < -0.39 is 29.0 Å². The summed E-state index contributed by atoms with van der Waals surface area (Å²) in [6.45, 7) is 0.318. The monoisotopic (exact) mass is 450 g/mol. The fourth-order valence-electron chi connectivity index (χ4n) is 4.99. The van der Waals surface area contributed by atoms with Gasteiger partial charge in [0.2, 0.25) is 5.91 Å². The zero-order chi connectivity index (χ0) is 23.1. The van der Waals surface area contributed by atoms with Gasteiger partial charge in [-0.2, -0.15) is 0 Å². The third-order valence-corrected chi connectivity index (χ3v) is 7.11. The predicted octanol–water partition coefficient (Wildman–Crippen LogP) is 2.81. The number of alkyl carbamates (subject to hydrolysis) is 1. The Balaban J connectivity index is 1.26. The molecule has 1 aliphatic heterocycles. The summed E-state index contributed by atoms with van der Waals surface area (Å²) < 4.78 is 10.8. The summed E-state index contributed by atoms with van der Waals surface area (Å²) in [5, 5.41) is 15.0. The molecular formula is C25H26N2O6. The van der Waals surface area contributed by atoms with E-state index in [1.165, 1.54) is 0 Å². The van der Waals surface area contributed by atoms with Crippen molar-refractivity contribution in [3.05, 3.63) is 59.7 Å². The van der Waals surface area contributed by atoms with E-state index >= 15 is 0 Å². The van der Waals surface area contributed by atoms with Crippen molar-refractivity contribution in [1.29, 1.82) is 0 Å². The highest BCUT2D eigenvalue weighted by Crippen LogP contribution is 2.44. The van der Waals surface area contributed by atoms with Crippen molar-refractivity contribution in [2.45, 2.75) is 42.7 Å². The molecule has 3 N–H and O–H groups in total. The minimum atomic E-state index is -1.46. The molecule has 8 heteroatoms. The van der Waals surface area contributed by atoms with Crippen LogP contribution in [0.2, 0.25) is 0 Å². The van der Waals surface area contributed by atoms with E-state index in [0.29, 0.717) is 12.8 Å². The van der Waals surface area contributed by atoms with Gasteiger partial charge in [-0.25, -0.2) is 9.59 Å². The number of carbonyl (C=O) groups excluding carboxylic acids is 2. The number of amides is 2. The van der Waals surface area contributed by atoms with Gasteiger partial charge < -0.3 is 25.2 Å². The van der Waals surface area contributed by atoms with E-state index in [9.17, 15) is 19.5 Å². The molecule has 0 aromatic heterocycles. The van der Waals surface area contributed by atoms with Crippen LogP contribution in [0.1, 0.15) is 42.7 Å². The Labute approximate surface area is 191 Å². The molecule has 2 aromatic carbocycles. The van der Waals surface area contributed by atoms with Crippen LogP contribution >= 0.6 is 0 Å². The van der Waals surface area contributed by atoms with Crippen LogP contribution in [0.25, 0.3) is 11.1 Å². The Bertz CT molecular complexity index is 1060. The fourth-order valence-corrected chi connectivity index (χ4v) is 4.99. The van der Waals surface area contributed by atoms with Crippen LogP contribution in [-0.2, 0) is 19.1 Å². The number of nitrogens with one attached hydrogen (secondary N) is 2. The van der Waals surface area contributed by atoms with Gasteiger partial charge in [0.1, 0.15) is 12.1 Å². The third-order valence-electron chi connectivity index (χ3n) is 7.11. The number of benzene rings is 2. The number of hydrogen-bond acceptors (Lipinski definition) is 5. The Kier molecular flexibility index (Phi) is 5.32. The molecule has 8 nitrogen and oxygen atoms in total. The van der Waals surface area contributed by atoms with Gasteiger partial charge in [0.25, 0.3) is 0 Å². The van der Waals surface area contributed by atoms with Crippen LogP contribution in [0.15, 0.2) is 48.5 Å². The summed E-state index contributed by atoms with van der Waals surface area (Å²) in [6, 6.07) is 16.1. The number of carboxylic acids is 1. The predicted molar refractivity (Wildman–Crippen MR) is 119 cm³/mol. The Morgan fingerprint density at radius 3 is 2.09 bits per heavy atom. The van der Waals surface area contributed by atoms with Crippen LogP contribution in [-0.4, -0.2) is 54.0 Å². The van der Waals surface area contributed by atoms with Crippen molar-refractivity contribution in [3.63, 3.8) is 0 Å². The first-order chi connectivity index (χ1) is 15.9. The maximum absolute atomic E-state index is 13.0. The molecule has 2 aromatic rings. The molecule has 1 heterocycles. The highest BCUT2D eigenvalue weighted by molar-refractivity contribution is 5.95. The van der Waals surface area contributed by atoms with E-state index in [1.807, 2.05) is 36.4 Å². The second-order valence-electron chi connectivity index (χ2n) is 9.03. The standard InChI is InChI=1S/C25H26N2O6/c28-21(26-25(22(29)30)12-13-32-15-25)24(10-5-11-24)27-23(31)33-14-20-18-8-3-1-6-16(18)17-7-2-4-9-19(17)20/h1-4,6-9,20H,5,10-15H2,(H,26,28)(H,27,31)(H,29,30). The molecule has 2 fully saturated rings. The molecule has 1 unspecified atom stereocenters. The molecule has 3 aliphatic rings. The molecule has 1 saturated carbocycles. The lowest BCUT2D eigenvalue weighted by atomic mass is 9.75. The van der Waals surface area contributed by atoms with E-state index in [0.717, 1.165) is 28.7 Å². The highest BCUT2D eigenvalue weighted by atomic mass is 16.5. The molecule has 0 spiro atoms. The third kappa shape index (κ3) is 3.64. The fraction of sp³-hybridized carbons (Fsp3) is 0.400. The van der Waals surface area contributed by atoms with Crippen molar-refractivity contribution in [2.24, 2.45) is 0 Å². The first kappa shape index (κ1) is 21.5. The smallest absolute Gasteiger partial charge is 0.408 e. The molecule has 1 saturated heterocycles. The SMILES string of the molecule is O=C(NC1(C(=O)NC2(C(=O)O)CCOC2)CCC1)OCC1c2ccccc2-c2ccccc21. The maximum atomic E-state index is 13.0. The molecule has 33 heavy (non-hydrogen) atoms. The summed E-state index contributed by atoms with van der Waals surface area (Å²) in [4.78, 5) is 37.5. The summed E-state index contributed by atoms with van der Waals surface area (Å²) >= 11 is 0. The number of carbonyl (C=O) groups is 3. The van der Waals surface area contributed by atoms with Gasteiger partial charge in [-0.1, -0.05) is 48.5 Å². The zero-order valence-corrected chi connectivity index (χ0v) is 18.1. The van der Waals surface area contributed by atoms with Crippen molar-refractivity contribution in [1.82, 2.24) is 10.6 Å². The Morgan fingerprint density at radius 1 is 0.939 bits per heavy atom. The van der Waals surface area contributed by atoms with Gasteiger partial charge in [-0.05, 0) is 41.5 Å². The van der Waals surface area contributed by atoms with Crippen molar-refractivity contribution in [3.8, 4) is 11.1 Å². The van der Waals surface area contributed by atoms with Crippen LogP contribution in [0.5, 0.6) is 0 Å². The van der Waals surface area contributed by atoms with Crippen molar-refractivity contribution < 1.29 is 29.0 Å². The number of hydrogen-bond donors (Lipinski definition) is 3. The summed E-state index contributed by atoms with van der Waals surface area (Å²) in [7, 11) is 0. The average molecular weight is 450 g/mol. The van der Waals surface area contributed by atoms with Crippen molar-refractivity contribution in [2.75, 3.05) is 19.8 Å². The summed E-state index contributed by atoms with van der Waals surface area (Å²) in [6.07, 6.45) is 1.13. The van der Waals surface area contributed by atoms with E-state index in [-0.39, 0.29) is 32.2 Å². The summed E-state index contributed by atoms with van der Waals surface area (Å²) in [5.41, 5.74) is 1.86. The summed E-state index contributed by atoms with van der Waals surface area (Å²) in [5.74, 6) is -1.72. The highest BCUT2D eigenvalue weighted by Gasteiger charge is 2.52. The normalized spacial score (nSPS) is 22.5. The quantitative estimate of drug-likeness (QED) is 0.624. The molecule has 5 rings (SSSR count). The van der Waals surface area contributed by atoms with E-state index in [4.69, 9.17) is 9.47 Å². The number of carboxylic acid groups (broad SMARTS) is 1. The van der Waals surface area contributed by atoms with Gasteiger partial charge in [-0.15, -0.1) is 0 Å². The number of ether oxygens (including phenoxy) is 2. The largest absolute Gasteiger partial charge is 0.479 e. The molecule has 2 amide bonds. The second kappa shape index (κ2) is 8.19.